The molecule has 0 spiro atoms. The lowest BCUT2D eigenvalue weighted by atomic mass is 9.93. The highest BCUT2D eigenvalue weighted by atomic mass is 32.1. The van der Waals surface area contributed by atoms with Gasteiger partial charge in [0.25, 0.3) is 5.91 Å². The molecule has 0 aliphatic heterocycles. The number of aryl methyl sites for hydroxylation is 1. The monoisotopic (exact) mass is 336 g/mol. The van der Waals surface area contributed by atoms with Gasteiger partial charge in [-0.1, -0.05) is 0 Å². The minimum atomic E-state index is -0.484. The normalized spacial score (nSPS) is 21.0. The van der Waals surface area contributed by atoms with Gasteiger partial charge in [-0.25, -0.2) is 19.3 Å². The first-order chi connectivity index (χ1) is 11.1. The molecular formula is C15H17FN4O2S. The van der Waals surface area contributed by atoms with Gasteiger partial charge >= 0.3 is 6.01 Å². The zero-order valence-corrected chi connectivity index (χ0v) is 13.5. The van der Waals surface area contributed by atoms with Crippen LogP contribution in [0.5, 0.6) is 6.01 Å². The van der Waals surface area contributed by atoms with Gasteiger partial charge in [0.2, 0.25) is 0 Å². The van der Waals surface area contributed by atoms with Gasteiger partial charge in [-0.15, -0.1) is 11.3 Å². The van der Waals surface area contributed by atoms with E-state index in [-0.39, 0.29) is 24.1 Å². The van der Waals surface area contributed by atoms with Gasteiger partial charge in [-0.2, -0.15) is 0 Å². The van der Waals surface area contributed by atoms with Crippen molar-refractivity contribution < 1.29 is 13.9 Å². The maximum atomic E-state index is 12.8. The Morgan fingerprint density at radius 2 is 1.96 bits per heavy atom. The Hall–Kier alpha value is -2.09. The summed E-state index contributed by atoms with van der Waals surface area (Å²) in [4.78, 5) is 24.5. The number of ether oxygens (including phenoxy) is 1. The Kier molecular flexibility index (Phi) is 4.80. The molecule has 0 bridgehead atoms. The van der Waals surface area contributed by atoms with Crippen LogP contribution in [0.2, 0.25) is 0 Å². The van der Waals surface area contributed by atoms with Gasteiger partial charge in [-0.3, -0.25) is 4.79 Å². The molecule has 0 saturated heterocycles. The Morgan fingerprint density at radius 1 is 1.26 bits per heavy atom. The Bertz CT molecular complexity index is 668. The van der Waals surface area contributed by atoms with Crippen molar-refractivity contribution in [2.75, 3.05) is 0 Å². The number of amides is 1. The third-order valence-corrected chi connectivity index (χ3v) is 4.76. The Morgan fingerprint density at radius 3 is 2.57 bits per heavy atom. The van der Waals surface area contributed by atoms with Crippen LogP contribution in [-0.2, 0) is 0 Å². The molecule has 122 valence electrons. The van der Waals surface area contributed by atoms with E-state index in [2.05, 4.69) is 20.3 Å². The minimum absolute atomic E-state index is 0.00115. The number of carbonyl (C=O) groups excluding carboxylic acids is 1. The molecule has 0 unspecified atom stereocenters. The molecule has 0 radical (unpaired) electrons. The van der Waals surface area contributed by atoms with E-state index in [4.69, 9.17) is 4.74 Å². The first-order valence-electron chi connectivity index (χ1n) is 7.47. The van der Waals surface area contributed by atoms with Crippen LogP contribution in [0.1, 0.15) is 41.0 Å². The molecule has 1 aliphatic carbocycles. The minimum Gasteiger partial charge on any atom is -0.460 e. The Balaban J connectivity index is 1.48. The van der Waals surface area contributed by atoms with Gasteiger partial charge in [0, 0.05) is 6.04 Å². The van der Waals surface area contributed by atoms with Crippen LogP contribution in [0, 0.1) is 12.7 Å². The van der Waals surface area contributed by atoms with E-state index >= 15 is 0 Å². The van der Waals surface area contributed by atoms with Crippen LogP contribution in [0.25, 0.3) is 0 Å². The largest absolute Gasteiger partial charge is 0.460 e. The lowest BCUT2D eigenvalue weighted by molar-refractivity contribution is 0.0888. The fourth-order valence-electron chi connectivity index (χ4n) is 2.61. The van der Waals surface area contributed by atoms with Crippen molar-refractivity contribution in [1.29, 1.82) is 0 Å². The van der Waals surface area contributed by atoms with E-state index in [0.29, 0.717) is 4.88 Å². The number of carbonyl (C=O) groups is 1. The number of halogens is 1. The highest BCUT2D eigenvalue weighted by Crippen LogP contribution is 2.23. The van der Waals surface area contributed by atoms with Gasteiger partial charge < -0.3 is 10.1 Å². The first kappa shape index (κ1) is 15.8. The van der Waals surface area contributed by atoms with Crippen molar-refractivity contribution in [2.24, 2.45) is 0 Å². The van der Waals surface area contributed by atoms with Crippen molar-refractivity contribution >= 4 is 17.2 Å². The summed E-state index contributed by atoms with van der Waals surface area (Å²) in [5.41, 5.74) is 2.44. The van der Waals surface area contributed by atoms with Gasteiger partial charge in [-0.05, 0) is 32.6 Å². The molecule has 1 N–H and O–H groups in total. The van der Waals surface area contributed by atoms with Crippen LogP contribution < -0.4 is 10.1 Å². The van der Waals surface area contributed by atoms with Crippen LogP contribution in [0.15, 0.2) is 17.9 Å². The second-order valence-electron chi connectivity index (χ2n) is 5.52. The number of nitrogens with one attached hydrogen (secondary N) is 1. The zero-order valence-electron chi connectivity index (χ0n) is 12.7. The molecule has 8 heteroatoms. The predicted octanol–water partition coefficient (Wildman–Crippen LogP) is 2.50. The molecule has 3 rings (SSSR count). The van der Waals surface area contributed by atoms with Crippen LogP contribution in [0.3, 0.4) is 0 Å². The molecule has 6 nitrogen and oxygen atoms in total. The van der Waals surface area contributed by atoms with E-state index in [9.17, 15) is 9.18 Å². The molecule has 1 aliphatic rings. The highest BCUT2D eigenvalue weighted by Gasteiger charge is 2.25. The van der Waals surface area contributed by atoms with E-state index in [1.807, 2.05) is 6.92 Å². The summed E-state index contributed by atoms with van der Waals surface area (Å²) in [6.07, 6.45) is 5.43. The topological polar surface area (TPSA) is 77.0 Å². The van der Waals surface area contributed by atoms with Crippen molar-refractivity contribution in [3.8, 4) is 6.01 Å². The average molecular weight is 336 g/mol. The molecule has 1 fully saturated rings. The summed E-state index contributed by atoms with van der Waals surface area (Å²) in [5, 5.41) is 3.05. The van der Waals surface area contributed by atoms with E-state index in [1.54, 1.807) is 5.51 Å². The number of hydrogen-bond donors (Lipinski definition) is 1. The van der Waals surface area contributed by atoms with Gasteiger partial charge in [0.15, 0.2) is 5.82 Å². The standard InChI is InChI=1S/C15H17FN4O2S/c1-9-13(23-8-19-9)14(21)20-11-2-4-12(5-3-11)22-15-17-6-10(16)7-18-15/h6-8,11-12H,2-5H2,1H3,(H,20,21). The Labute approximate surface area is 137 Å². The second-order valence-corrected chi connectivity index (χ2v) is 6.37. The predicted molar refractivity (Wildman–Crippen MR) is 83.0 cm³/mol. The molecule has 0 aromatic carbocycles. The SMILES string of the molecule is Cc1ncsc1C(=O)NC1CCC(Oc2ncc(F)cn2)CC1. The van der Waals surface area contributed by atoms with Crippen LogP contribution in [-0.4, -0.2) is 33.0 Å². The third kappa shape index (κ3) is 4.01. The zero-order chi connectivity index (χ0) is 16.2. The van der Waals surface area contributed by atoms with Crippen molar-refractivity contribution in [2.45, 2.75) is 44.8 Å². The summed E-state index contributed by atoms with van der Waals surface area (Å²) in [7, 11) is 0. The average Bonchev–Trinajstić information content (AvgIpc) is 2.98. The number of thiazole rings is 1. The summed E-state index contributed by atoms with van der Waals surface area (Å²) in [6, 6.07) is 0.331. The number of aromatic nitrogens is 3. The van der Waals surface area contributed by atoms with E-state index in [1.165, 1.54) is 11.3 Å². The van der Waals surface area contributed by atoms with E-state index < -0.39 is 5.82 Å². The fourth-order valence-corrected chi connectivity index (χ4v) is 3.31. The summed E-state index contributed by atoms with van der Waals surface area (Å²) < 4.78 is 18.4. The molecule has 1 saturated carbocycles. The summed E-state index contributed by atoms with van der Waals surface area (Å²) in [6.45, 7) is 1.83. The maximum Gasteiger partial charge on any atom is 0.316 e. The summed E-state index contributed by atoms with van der Waals surface area (Å²) >= 11 is 1.35. The fraction of sp³-hybridized carbons (Fsp3) is 0.467. The van der Waals surface area contributed by atoms with Crippen LogP contribution in [0.4, 0.5) is 4.39 Å². The molecule has 0 atom stereocenters. The lowest BCUT2D eigenvalue weighted by Gasteiger charge is -2.28. The molecule has 2 aromatic rings. The maximum absolute atomic E-state index is 12.8. The van der Waals surface area contributed by atoms with E-state index in [0.717, 1.165) is 43.8 Å². The molecular weight excluding hydrogens is 319 g/mol. The molecule has 23 heavy (non-hydrogen) atoms. The third-order valence-electron chi connectivity index (χ3n) is 3.83. The number of hydrogen-bond acceptors (Lipinski definition) is 6. The molecule has 2 heterocycles. The smallest absolute Gasteiger partial charge is 0.316 e. The summed E-state index contributed by atoms with van der Waals surface area (Å²) in [5.74, 6) is -0.543. The van der Waals surface area contributed by atoms with Crippen molar-refractivity contribution in [3.63, 3.8) is 0 Å². The van der Waals surface area contributed by atoms with Crippen molar-refractivity contribution in [1.82, 2.24) is 20.3 Å². The first-order valence-corrected chi connectivity index (χ1v) is 8.35. The number of nitrogens with zero attached hydrogens (tertiary/aromatic N) is 3. The van der Waals surface area contributed by atoms with Gasteiger partial charge in [0.1, 0.15) is 11.0 Å². The lowest BCUT2D eigenvalue weighted by Crippen LogP contribution is -2.39. The van der Waals surface area contributed by atoms with Crippen LogP contribution >= 0.6 is 11.3 Å². The second kappa shape index (κ2) is 6.99. The molecule has 2 aromatic heterocycles. The quantitative estimate of drug-likeness (QED) is 0.928. The highest BCUT2D eigenvalue weighted by molar-refractivity contribution is 7.11. The number of rotatable bonds is 4. The van der Waals surface area contributed by atoms with Gasteiger partial charge in [0.05, 0.1) is 23.6 Å². The van der Waals surface area contributed by atoms with Crippen molar-refractivity contribution in [3.05, 3.63) is 34.3 Å². The molecule has 1 amide bonds.